The van der Waals surface area contributed by atoms with E-state index in [-0.39, 0.29) is 41.6 Å². The molecule has 0 aliphatic carbocycles. The summed E-state index contributed by atoms with van der Waals surface area (Å²) in [6.45, 7) is -0.514. The predicted octanol–water partition coefficient (Wildman–Crippen LogP) is -1.50. The molecule has 15 nitrogen and oxygen atoms in total. The molecule has 8 N–H and O–H groups in total. The average Bonchev–Trinajstić information content (AvgIpc) is 3.20. The Balaban J connectivity index is 1.36. The van der Waals surface area contributed by atoms with Gasteiger partial charge in [-0.3, -0.25) is 4.79 Å². The summed E-state index contributed by atoms with van der Waals surface area (Å²) < 4.78 is 33.5. The number of fused-ring (bicyclic) bond motifs is 1. The smallest absolute Gasteiger partial charge is 0.232 e. The lowest BCUT2D eigenvalue weighted by atomic mass is 9.87. The molecule has 2 aromatic carbocycles. The fraction of sp³-hybridized carbons (Fsp3) is 0.536. The van der Waals surface area contributed by atoms with Gasteiger partial charge in [-0.15, -0.1) is 0 Å². The van der Waals surface area contributed by atoms with E-state index in [1.165, 1.54) is 32.2 Å². The van der Waals surface area contributed by atoms with E-state index in [1.807, 2.05) is 0 Å². The van der Waals surface area contributed by atoms with Crippen molar-refractivity contribution in [3.63, 3.8) is 0 Å². The number of aliphatic hydroxyl groups excluding tert-OH is 5. The van der Waals surface area contributed by atoms with E-state index in [9.17, 15) is 45.6 Å². The summed E-state index contributed by atoms with van der Waals surface area (Å²) in [5.41, 5.74) is -3.51. The van der Waals surface area contributed by atoms with E-state index in [0.29, 0.717) is 5.56 Å². The average molecular weight is 611 g/mol. The van der Waals surface area contributed by atoms with Crippen LogP contribution >= 0.6 is 0 Å². The molecule has 2 saturated heterocycles. The van der Waals surface area contributed by atoms with Gasteiger partial charge in [0.1, 0.15) is 58.9 Å². The van der Waals surface area contributed by atoms with Crippen LogP contribution in [0, 0.1) is 0 Å². The summed E-state index contributed by atoms with van der Waals surface area (Å²) in [6.07, 6.45) is -10.1. The van der Waals surface area contributed by atoms with Crippen molar-refractivity contribution in [1.82, 2.24) is 0 Å². The van der Waals surface area contributed by atoms with Crippen LogP contribution in [0.15, 0.2) is 30.3 Å². The molecule has 43 heavy (non-hydrogen) atoms. The summed E-state index contributed by atoms with van der Waals surface area (Å²) in [5, 5.41) is 81.0. The fourth-order valence-corrected chi connectivity index (χ4v) is 5.16. The van der Waals surface area contributed by atoms with E-state index >= 15 is 0 Å². The number of phenolic OH excluding ortho intramolecular Hbond substituents is 1. The Hall–Kier alpha value is -3.25. The monoisotopic (exact) mass is 610 g/mol. The number of ether oxygens (including phenoxy) is 6. The second kappa shape index (κ2) is 11.7. The zero-order valence-corrected chi connectivity index (χ0v) is 23.2. The third kappa shape index (κ3) is 5.48. The third-order valence-corrected chi connectivity index (χ3v) is 8.00. The molecule has 5 rings (SSSR count). The van der Waals surface area contributed by atoms with E-state index in [1.54, 1.807) is 6.07 Å². The molecule has 15 heteroatoms. The second-order valence-electron chi connectivity index (χ2n) is 10.9. The molecule has 0 radical (unpaired) electrons. The number of aromatic hydroxyl groups is 1. The van der Waals surface area contributed by atoms with E-state index in [2.05, 4.69) is 0 Å². The SMILES string of the molecule is COc1cc(C2CC(=O)c3c(O)cc(O[C@@H]4O[C@H](CO)[C@@H](O)[C@H](O)[C@H]4O)cc3O2)ccc1O[C@H]1OC[C@@](O)(CO)[C@@]1(C)O. The van der Waals surface area contributed by atoms with Crippen LogP contribution in [0.5, 0.6) is 28.7 Å². The minimum absolute atomic E-state index is 0.0428. The molecular weight excluding hydrogens is 576 g/mol. The van der Waals surface area contributed by atoms with Gasteiger partial charge in [-0.25, -0.2) is 0 Å². The Morgan fingerprint density at radius 1 is 1.00 bits per heavy atom. The van der Waals surface area contributed by atoms with Crippen LogP contribution in [0.4, 0.5) is 0 Å². The van der Waals surface area contributed by atoms with E-state index in [0.717, 1.165) is 6.07 Å². The normalized spacial score (nSPS) is 35.7. The number of carbonyl (C=O) groups is 1. The number of hydrogen-bond acceptors (Lipinski definition) is 15. The predicted molar refractivity (Wildman–Crippen MR) is 141 cm³/mol. The highest BCUT2D eigenvalue weighted by Crippen LogP contribution is 2.44. The lowest BCUT2D eigenvalue weighted by Gasteiger charge is -2.39. The number of ketones is 1. The van der Waals surface area contributed by atoms with Crippen molar-refractivity contribution in [2.75, 3.05) is 26.9 Å². The van der Waals surface area contributed by atoms with Gasteiger partial charge in [0, 0.05) is 12.1 Å². The molecule has 0 amide bonds. The highest BCUT2D eigenvalue weighted by molar-refractivity contribution is 6.02. The second-order valence-corrected chi connectivity index (χ2v) is 10.9. The van der Waals surface area contributed by atoms with Crippen molar-refractivity contribution in [2.45, 2.75) is 67.6 Å². The van der Waals surface area contributed by atoms with Gasteiger partial charge in [0.25, 0.3) is 0 Å². The summed E-state index contributed by atoms with van der Waals surface area (Å²) in [5.74, 6) is -0.732. The molecule has 0 bridgehead atoms. The first-order chi connectivity index (χ1) is 20.3. The van der Waals surface area contributed by atoms with Gasteiger partial charge < -0.3 is 69.3 Å². The van der Waals surface area contributed by atoms with Gasteiger partial charge in [0.15, 0.2) is 22.9 Å². The van der Waals surface area contributed by atoms with Gasteiger partial charge in [0.2, 0.25) is 12.6 Å². The quantitative estimate of drug-likeness (QED) is 0.170. The molecule has 0 spiro atoms. The third-order valence-electron chi connectivity index (χ3n) is 8.00. The topological polar surface area (TPSA) is 234 Å². The van der Waals surface area contributed by atoms with Crippen LogP contribution in [-0.4, -0.2) is 122 Å². The molecule has 2 fully saturated rings. The molecule has 0 aromatic heterocycles. The number of aliphatic hydroxyl groups is 7. The summed E-state index contributed by atoms with van der Waals surface area (Å²) in [4.78, 5) is 13.0. The molecule has 236 valence electrons. The Kier molecular flexibility index (Phi) is 8.47. The molecule has 3 heterocycles. The lowest BCUT2D eigenvalue weighted by molar-refractivity contribution is -0.277. The molecule has 3 aliphatic rings. The van der Waals surface area contributed by atoms with Crippen molar-refractivity contribution < 1.29 is 74.1 Å². The highest BCUT2D eigenvalue weighted by atomic mass is 16.7. The van der Waals surface area contributed by atoms with Crippen molar-refractivity contribution >= 4 is 5.78 Å². The van der Waals surface area contributed by atoms with E-state index < -0.39 is 79.0 Å². The summed E-state index contributed by atoms with van der Waals surface area (Å²) in [6, 6.07) is 7.00. The van der Waals surface area contributed by atoms with Crippen molar-refractivity contribution in [1.29, 1.82) is 0 Å². The largest absolute Gasteiger partial charge is 0.507 e. The lowest BCUT2D eigenvalue weighted by Crippen LogP contribution is -2.60. The fourth-order valence-electron chi connectivity index (χ4n) is 5.16. The number of methoxy groups -OCH3 is 1. The van der Waals surface area contributed by atoms with Crippen LogP contribution in [0.2, 0.25) is 0 Å². The Morgan fingerprint density at radius 2 is 1.74 bits per heavy atom. The highest BCUT2D eigenvalue weighted by Gasteiger charge is 2.59. The minimum Gasteiger partial charge on any atom is -0.507 e. The van der Waals surface area contributed by atoms with Crippen LogP contribution in [0.1, 0.15) is 35.4 Å². The molecule has 1 unspecified atom stereocenters. The maximum atomic E-state index is 13.0. The number of hydrogen-bond donors (Lipinski definition) is 8. The Bertz CT molecular complexity index is 1350. The number of Topliss-reactive ketones (excluding diaryl/α,β-unsaturated/α-hetero) is 1. The number of carbonyl (C=O) groups excluding carboxylic acids is 1. The van der Waals surface area contributed by atoms with Crippen LogP contribution in [0.25, 0.3) is 0 Å². The zero-order valence-electron chi connectivity index (χ0n) is 23.2. The standard InChI is InChI=1S/C28H34O15/c1-27(36)26(39-11-28(27,37)10-30)43-16-4-3-12(5-18(16)38-2)17-8-15(32)21-14(31)6-13(7-19(21)41-17)40-25-24(35)23(34)22(33)20(9-29)42-25/h3-7,17,20,22-26,29-31,33-37H,8-11H2,1-2H3/t17?,20-,22-,23+,24-,25-,26-,27+,28+/m1/s1. The number of rotatable bonds is 8. The van der Waals surface area contributed by atoms with Crippen molar-refractivity contribution in [2.24, 2.45) is 0 Å². The summed E-state index contributed by atoms with van der Waals surface area (Å²) in [7, 11) is 1.37. The molecule has 2 aromatic rings. The Labute approximate surface area is 245 Å². The van der Waals surface area contributed by atoms with Gasteiger partial charge in [-0.2, -0.15) is 0 Å². The molecule has 9 atom stereocenters. The first-order valence-electron chi connectivity index (χ1n) is 13.4. The van der Waals surface area contributed by atoms with Crippen LogP contribution in [0.3, 0.4) is 0 Å². The van der Waals surface area contributed by atoms with Crippen LogP contribution in [-0.2, 0) is 9.47 Å². The van der Waals surface area contributed by atoms with Gasteiger partial charge in [-0.1, -0.05) is 6.07 Å². The maximum absolute atomic E-state index is 13.0. The molecule has 3 aliphatic heterocycles. The van der Waals surface area contributed by atoms with E-state index in [4.69, 9.17) is 28.4 Å². The molecular formula is C28H34O15. The van der Waals surface area contributed by atoms with Gasteiger partial charge in [-0.05, 0) is 24.6 Å². The minimum atomic E-state index is -1.95. The molecule has 0 saturated carbocycles. The zero-order chi connectivity index (χ0) is 31.3. The van der Waals surface area contributed by atoms with Gasteiger partial charge >= 0.3 is 0 Å². The Morgan fingerprint density at radius 3 is 2.40 bits per heavy atom. The number of benzene rings is 2. The summed E-state index contributed by atoms with van der Waals surface area (Å²) >= 11 is 0. The van der Waals surface area contributed by atoms with Crippen LogP contribution < -0.4 is 18.9 Å². The van der Waals surface area contributed by atoms with Gasteiger partial charge in [0.05, 0.1) is 33.4 Å². The first kappa shape index (κ1) is 31.2. The van der Waals surface area contributed by atoms with Crippen molar-refractivity contribution in [3.05, 3.63) is 41.5 Å². The first-order valence-corrected chi connectivity index (χ1v) is 13.4. The maximum Gasteiger partial charge on any atom is 0.232 e. The van der Waals surface area contributed by atoms with Crippen molar-refractivity contribution in [3.8, 4) is 28.7 Å². The number of phenols is 1.